The third kappa shape index (κ3) is 2.97. The van der Waals surface area contributed by atoms with Crippen LogP contribution >= 0.6 is 0 Å². The first-order valence-electron chi connectivity index (χ1n) is 6.51. The summed E-state index contributed by atoms with van der Waals surface area (Å²) in [6, 6.07) is 15.7. The quantitative estimate of drug-likeness (QED) is 0.425. The second-order valence-electron chi connectivity index (χ2n) is 4.69. The van der Waals surface area contributed by atoms with Gasteiger partial charge in [0, 0.05) is 5.56 Å². The fraction of sp³-hybridized carbons (Fsp3) is 0. The molecule has 0 radical (unpaired) electrons. The van der Waals surface area contributed by atoms with Crippen LogP contribution < -0.4 is 34.7 Å². The van der Waals surface area contributed by atoms with Gasteiger partial charge in [-0.1, -0.05) is 66.4 Å². The van der Waals surface area contributed by atoms with Gasteiger partial charge >= 0.3 is 29.6 Å². The number of benzene rings is 2. The van der Waals surface area contributed by atoms with E-state index in [0.717, 1.165) is 5.56 Å². The standard InChI is InChI=1S/C18H12O3.Na/c19-15(11-10-12-6-2-1-3-7-12)16-17(20)13-8-4-5-9-14(13)18(16)21;/h1-11,20H;/q;+1/p-1/b11-10+;. The fourth-order valence-electron chi connectivity index (χ4n) is 2.29. The molecule has 0 atom stereocenters. The summed E-state index contributed by atoms with van der Waals surface area (Å²) in [5.41, 5.74) is 1.17. The molecule has 0 N–H and O–H groups in total. The van der Waals surface area contributed by atoms with Gasteiger partial charge < -0.3 is 5.11 Å². The van der Waals surface area contributed by atoms with Gasteiger partial charge in [0.1, 0.15) is 0 Å². The zero-order valence-corrected chi connectivity index (χ0v) is 14.1. The minimum absolute atomic E-state index is 0. The summed E-state index contributed by atoms with van der Waals surface area (Å²) in [6.45, 7) is 0. The van der Waals surface area contributed by atoms with Gasteiger partial charge in [0.05, 0.1) is 5.57 Å². The maximum atomic E-state index is 12.1. The molecule has 3 rings (SSSR count). The van der Waals surface area contributed by atoms with Crippen molar-refractivity contribution in [3.8, 4) is 0 Å². The number of carbonyl (C=O) groups excluding carboxylic acids is 2. The number of carbonyl (C=O) groups is 2. The Morgan fingerprint density at radius 1 is 0.909 bits per heavy atom. The molecule has 0 bridgehead atoms. The van der Waals surface area contributed by atoms with Crippen LogP contribution in [0.5, 0.6) is 0 Å². The van der Waals surface area contributed by atoms with Crippen molar-refractivity contribution in [1.82, 2.24) is 0 Å². The molecular formula is C18H11NaO3. The number of fused-ring (bicyclic) bond motifs is 1. The average molecular weight is 298 g/mol. The smallest absolute Gasteiger partial charge is 0.871 e. The number of hydrogen-bond donors (Lipinski definition) is 0. The van der Waals surface area contributed by atoms with E-state index in [-0.39, 0.29) is 35.1 Å². The second kappa shape index (κ2) is 6.88. The molecule has 22 heavy (non-hydrogen) atoms. The fourth-order valence-corrected chi connectivity index (χ4v) is 2.29. The summed E-state index contributed by atoms with van der Waals surface area (Å²) in [4.78, 5) is 24.3. The van der Waals surface area contributed by atoms with E-state index in [1.165, 1.54) is 6.08 Å². The van der Waals surface area contributed by atoms with Gasteiger partial charge in [0.25, 0.3) is 0 Å². The third-order valence-electron chi connectivity index (χ3n) is 3.34. The molecule has 2 aromatic rings. The van der Waals surface area contributed by atoms with Gasteiger partial charge in [0.2, 0.25) is 0 Å². The minimum Gasteiger partial charge on any atom is -0.871 e. The van der Waals surface area contributed by atoms with Crippen molar-refractivity contribution in [3.63, 3.8) is 0 Å². The zero-order chi connectivity index (χ0) is 14.8. The van der Waals surface area contributed by atoms with Crippen molar-refractivity contribution < 1.29 is 44.3 Å². The second-order valence-corrected chi connectivity index (χ2v) is 4.69. The summed E-state index contributed by atoms with van der Waals surface area (Å²) in [5, 5.41) is 12.1. The molecule has 0 saturated carbocycles. The Kier molecular flexibility index (Phi) is 5.14. The molecule has 2 aromatic carbocycles. The number of ketones is 2. The first kappa shape index (κ1) is 16.4. The monoisotopic (exact) mass is 298 g/mol. The molecule has 102 valence electrons. The minimum atomic E-state index is -0.551. The predicted octanol–water partition coefficient (Wildman–Crippen LogP) is -0.759. The number of hydrogen-bond acceptors (Lipinski definition) is 3. The van der Waals surface area contributed by atoms with Gasteiger partial charge in [-0.25, -0.2) is 0 Å². The molecule has 4 heteroatoms. The van der Waals surface area contributed by atoms with Gasteiger partial charge in [-0.3, -0.25) is 9.59 Å². The van der Waals surface area contributed by atoms with Crippen LogP contribution in [-0.2, 0) is 4.79 Å². The van der Waals surface area contributed by atoms with Crippen molar-refractivity contribution >= 4 is 23.4 Å². The number of allylic oxidation sites excluding steroid dienone is 2. The molecule has 0 unspecified atom stereocenters. The van der Waals surface area contributed by atoms with Crippen LogP contribution in [-0.4, -0.2) is 11.6 Å². The van der Waals surface area contributed by atoms with Crippen molar-refractivity contribution in [2.75, 3.05) is 0 Å². The predicted molar refractivity (Wildman–Crippen MR) is 78.2 cm³/mol. The number of rotatable bonds is 3. The Labute approximate surface area is 150 Å². The summed E-state index contributed by atoms with van der Waals surface area (Å²) in [6.07, 6.45) is 2.87. The van der Waals surface area contributed by atoms with Gasteiger partial charge in [-0.15, -0.1) is 0 Å². The Hall–Kier alpha value is -1.94. The molecule has 0 fully saturated rings. The van der Waals surface area contributed by atoms with Crippen LogP contribution in [0.15, 0.2) is 66.2 Å². The molecule has 0 aliphatic heterocycles. The normalized spacial score (nSPS) is 13.2. The average Bonchev–Trinajstić information content (AvgIpc) is 2.78. The van der Waals surface area contributed by atoms with Crippen molar-refractivity contribution in [2.45, 2.75) is 0 Å². The van der Waals surface area contributed by atoms with E-state index in [4.69, 9.17) is 0 Å². The molecule has 1 aliphatic carbocycles. The van der Waals surface area contributed by atoms with Gasteiger partial charge in [0.15, 0.2) is 11.6 Å². The third-order valence-corrected chi connectivity index (χ3v) is 3.34. The summed E-state index contributed by atoms with van der Waals surface area (Å²) >= 11 is 0. The van der Waals surface area contributed by atoms with E-state index >= 15 is 0 Å². The Morgan fingerprint density at radius 3 is 2.14 bits per heavy atom. The van der Waals surface area contributed by atoms with Crippen LogP contribution in [0.25, 0.3) is 11.8 Å². The van der Waals surface area contributed by atoms with Crippen LogP contribution in [0.2, 0.25) is 0 Å². The Morgan fingerprint density at radius 2 is 1.50 bits per heavy atom. The maximum Gasteiger partial charge on any atom is 1.00 e. The van der Waals surface area contributed by atoms with Crippen molar-refractivity contribution in [2.24, 2.45) is 0 Å². The maximum absolute atomic E-state index is 12.1. The van der Waals surface area contributed by atoms with E-state index in [1.54, 1.807) is 30.3 Å². The topological polar surface area (TPSA) is 57.2 Å². The van der Waals surface area contributed by atoms with Gasteiger partial charge in [-0.05, 0) is 17.2 Å². The van der Waals surface area contributed by atoms with Crippen LogP contribution in [0.3, 0.4) is 0 Å². The van der Waals surface area contributed by atoms with Crippen molar-refractivity contribution in [3.05, 3.63) is 82.9 Å². The SMILES string of the molecule is O=C(/C=C/c1ccccc1)C1=C([O-])c2ccccc2C1=O.[Na+]. The first-order valence-corrected chi connectivity index (χ1v) is 6.51. The molecule has 0 aromatic heterocycles. The van der Waals surface area contributed by atoms with Crippen LogP contribution in [0.1, 0.15) is 21.5 Å². The molecule has 3 nitrogen and oxygen atoms in total. The summed E-state index contributed by atoms with van der Waals surface area (Å²) < 4.78 is 0. The van der Waals surface area contributed by atoms with E-state index in [9.17, 15) is 14.7 Å². The molecule has 0 amide bonds. The molecule has 0 heterocycles. The van der Waals surface area contributed by atoms with Crippen molar-refractivity contribution in [1.29, 1.82) is 0 Å². The Bertz CT molecular complexity index is 789. The largest absolute Gasteiger partial charge is 1.00 e. The Balaban J connectivity index is 0.00000176. The first-order chi connectivity index (χ1) is 10.2. The van der Waals surface area contributed by atoms with E-state index in [1.807, 2.05) is 30.3 Å². The van der Waals surface area contributed by atoms with E-state index < -0.39 is 17.3 Å². The molecule has 0 saturated heterocycles. The summed E-state index contributed by atoms with van der Waals surface area (Å²) in [5.74, 6) is -1.53. The summed E-state index contributed by atoms with van der Waals surface area (Å²) in [7, 11) is 0. The molecule has 1 aliphatic rings. The van der Waals surface area contributed by atoms with Crippen LogP contribution in [0.4, 0.5) is 0 Å². The zero-order valence-electron chi connectivity index (χ0n) is 12.1. The van der Waals surface area contributed by atoms with Gasteiger partial charge in [-0.2, -0.15) is 0 Å². The van der Waals surface area contributed by atoms with E-state index in [2.05, 4.69) is 0 Å². The molecule has 0 spiro atoms. The molecular weight excluding hydrogens is 287 g/mol. The number of Topliss-reactive ketones (excluding diaryl/α,β-unsaturated/α-hetero) is 1. The van der Waals surface area contributed by atoms with Crippen LogP contribution in [0, 0.1) is 0 Å². The van der Waals surface area contributed by atoms with E-state index in [0.29, 0.717) is 11.1 Å².